The van der Waals surface area contributed by atoms with Gasteiger partial charge in [-0.3, -0.25) is 0 Å². The second-order valence-electron chi connectivity index (χ2n) is 4.26. The standard InChI is InChI=1S/C8H16O2S3/c1-7(2,3)4-5-8(11,12)6(9)10-13/h11-13H,4-5H2,1-3H3. The van der Waals surface area contributed by atoms with Crippen LogP contribution < -0.4 is 0 Å². The van der Waals surface area contributed by atoms with Gasteiger partial charge in [0, 0.05) is 12.9 Å². The van der Waals surface area contributed by atoms with Crippen LogP contribution >= 0.6 is 38.2 Å². The van der Waals surface area contributed by atoms with Crippen molar-refractivity contribution < 1.29 is 8.98 Å². The summed E-state index contributed by atoms with van der Waals surface area (Å²) in [5, 5.41) is 0. The van der Waals surface area contributed by atoms with Crippen molar-refractivity contribution in [2.45, 2.75) is 37.7 Å². The highest BCUT2D eigenvalue weighted by Crippen LogP contribution is 2.33. The summed E-state index contributed by atoms with van der Waals surface area (Å²) in [5.41, 5.74) is 0.160. The van der Waals surface area contributed by atoms with Crippen molar-refractivity contribution in [2.24, 2.45) is 5.41 Å². The van der Waals surface area contributed by atoms with Gasteiger partial charge in [0.2, 0.25) is 0 Å². The number of hydrogen-bond acceptors (Lipinski definition) is 5. The molecule has 0 aromatic rings. The van der Waals surface area contributed by atoms with Crippen LogP contribution in [0.3, 0.4) is 0 Å². The molecule has 78 valence electrons. The predicted octanol–water partition coefficient (Wildman–Crippen LogP) is 2.76. The van der Waals surface area contributed by atoms with Crippen LogP contribution in [0.2, 0.25) is 0 Å². The fourth-order valence-corrected chi connectivity index (χ4v) is 1.34. The maximum atomic E-state index is 11.1. The SMILES string of the molecule is CC(C)(C)CCC(S)(S)C(=O)OS. The maximum Gasteiger partial charge on any atom is 0.343 e. The van der Waals surface area contributed by atoms with Crippen LogP contribution in [-0.4, -0.2) is 10.0 Å². The molecule has 0 atom stereocenters. The normalized spacial score (nSPS) is 12.8. The lowest BCUT2D eigenvalue weighted by Crippen LogP contribution is -2.28. The van der Waals surface area contributed by atoms with E-state index < -0.39 is 10.0 Å². The first-order chi connectivity index (χ1) is 5.69. The number of thiol groups is 3. The Morgan fingerprint density at radius 3 is 2.00 bits per heavy atom. The molecule has 0 spiro atoms. The van der Waals surface area contributed by atoms with Gasteiger partial charge in [0.05, 0.1) is 0 Å². The van der Waals surface area contributed by atoms with E-state index in [-0.39, 0.29) is 5.41 Å². The number of rotatable bonds is 3. The first-order valence-electron chi connectivity index (χ1n) is 4.00. The van der Waals surface area contributed by atoms with Crippen molar-refractivity contribution in [2.75, 3.05) is 0 Å². The molecule has 0 aliphatic rings. The second-order valence-corrected chi connectivity index (χ2v) is 6.32. The van der Waals surface area contributed by atoms with Crippen LogP contribution in [0.15, 0.2) is 0 Å². The van der Waals surface area contributed by atoms with Crippen LogP contribution in [0.25, 0.3) is 0 Å². The number of hydrogen-bond donors (Lipinski definition) is 3. The minimum Gasteiger partial charge on any atom is -0.393 e. The third-order valence-electron chi connectivity index (χ3n) is 1.63. The van der Waals surface area contributed by atoms with Crippen molar-refractivity contribution in [1.29, 1.82) is 0 Å². The van der Waals surface area contributed by atoms with Gasteiger partial charge in [0.1, 0.15) is 0 Å². The molecule has 0 saturated heterocycles. The van der Waals surface area contributed by atoms with Gasteiger partial charge in [0.25, 0.3) is 0 Å². The van der Waals surface area contributed by atoms with Gasteiger partial charge in [-0.15, -0.1) is 0 Å². The summed E-state index contributed by atoms with van der Waals surface area (Å²) in [7, 11) is 0. The van der Waals surface area contributed by atoms with Crippen LogP contribution in [0, 0.1) is 5.41 Å². The Labute approximate surface area is 96.2 Å². The van der Waals surface area contributed by atoms with E-state index in [1.54, 1.807) is 0 Å². The Morgan fingerprint density at radius 2 is 1.69 bits per heavy atom. The van der Waals surface area contributed by atoms with E-state index >= 15 is 0 Å². The van der Waals surface area contributed by atoms with Gasteiger partial charge in [-0.25, -0.2) is 4.79 Å². The van der Waals surface area contributed by atoms with Gasteiger partial charge in [-0.05, 0) is 18.3 Å². The average molecular weight is 240 g/mol. The van der Waals surface area contributed by atoms with Crippen LogP contribution in [0.4, 0.5) is 0 Å². The molecular weight excluding hydrogens is 224 g/mol. The van der Waals surface area contributed by atoms with E-state index in [9.17, 15) is 4.79 Å². The lowest BCUT2D eigenvalue weighted by Gasteiger charge is -2.24. The lowest BCUT2D eigenvalue weighted by atomic mass is 9.89. The smallest absolute Gasteiger partial charge is 0.343 e. The zero-order valence-electron chi connectivity index (χ0n) is 8.07. The topological polar surface area (TPSA) is 26.3 Å². The van der Waals surface area contributed by atoms with Crippen molar-refractivity contribution in [1.82, 2.24) is 0 Å². The second kappa shape index (κ2) is 4.84. The van der Waals surface area contributed by atoms with E-state index in [0.29, 0.717) is 6.42 Å². The molecule has 13 heavy (non-hydrogen) atoms. The molecule has 0 unspecified atom stereocenters. The van der Waals surface area contributed by atoms with Crippen LogP contribution in [0.5, 0.6) is 0 Å². The number of carbonyl (C=O) groups is 1. The lowest BCUT2D eigenvalue weighted by molar-refractivity contribution is -0.133. The van der Waals surface area contributed by atoms with Gasteiger partial charge < -0.3 is 4.18 Å². The highest BCUT2D eigenvalue weighted by molar-refractivity contribution is 8.02. The summed E-state index contributed by atoms with van der Waals surface area (Å²) in [6, 6.07) is 0. The summed E-state index contributed by atoms with van der Waals surface area (Å²) < 4.78 is 3.25. The zero-order chi connectivity index (χ0) is 10.7. The van der Waals surface area contributed by atoms with Crippen molar-refractivity contribution >= 4 is 44.1 Å². The Bertz CT molecular complexity index is 184. The van der Waals surface area contributed by atoms with Crippen LogP contribution in [0.1, 0.15) is 33.6 Å². The molecule has 0 heterocycles. The molecule has 0 bridgehead atoms. The van der Waals surface area contributed by atoms with Gasteiger partial charge in [-0.1, -0.05) is 20.8 Å². The third kappa shape index (κ3) is 5.75. The molecule has 0 aliphatic heterocycles. The minimum atomic E-state index is -1.03. The van der Waals surface area contributed by atoms with E-state index in [4.69, 9.17) is 0 Å². The minimum absolute atomic E-state index is 0.160. The summed E-state index contributed by atoms with van der Waals surface area (Å²) in [5.74, 6) is -0.522. The molecular formula is C8H16O2S3. The van der Waals surface area contributed by atoms with E-state index in [0.717, 1.165) is 6.42 Å². The Balaban J connectivity index is 4.11. The predicted molar refractivity (Wildman–Crippen MR) is 64.5 cm³/mol. The quantitative estimate of drug-likeness (QED) is 0.402. The highest BCUT2D eigenvalue weighted by Gasteiger charge is 2.32. The summed E-state index contributed by atoms with van der Waals surface area (Å²) in [6.07, 6.45) is 1.41. The zero-order valence-corrected chi connectivity index (χ0v) is 10.8. The largest absolute Gasteiger partial charge is 0.393 e. The monoisotopic (exact) mass is 240 g/mol. The van der Waals surface area contributed by atoms with Gasteiger partial charge in [0.15, 0.2) is 4.08 Å². The molecule has 0 saturated carbocycles. The number of carbonyl (C=O) groups excluding carboxylic acids is 1. The first-order valence-corrected chi connectivity index (χ1v) is 5.25. The Hall–Kier alpha value is 0.520. The van der Waals surface area contributed by atoms with Gasteiger partial charge >= 0.3 is 5.97 Å². The van der Waals surface area contributed by atoms with Gasteiger partial charge in [-0.2, -0.15) is 25.3 Å². The summed E-state index contributed by atoms with van der Waals surface area (Å²) in [4.78, 5) is 11.1. The third-order valence-corrected chi connectivity index (χ3v) is 2.61. The van der Waals surface area contributed by atoms with E-state index in [1.807, 2.05) is 0 Å². The molecule has 0 aromatic carbocycles. The average Bonchev–Trinajstić information content (AvgIpc) is 1.98. The first kappa shape index (κ1) is 13.5. The summed E-state index contributed by atoms with van der Waals surface area (Å²) >= 11 is 11.7. The molecule has 0 amide bonds. The molecule has 5 heteroatoms. The van der Waals surface area contributed by atoms with E-state index in [1.165, 1.54) is 0 Å². The van der Waals surface area contributed by atoms with E-state index in [2.05, 4.69) is 63.1 Å². The molecule has 0 aliphatic carbocycles. The molecule has 0 N–H and O–H groups in total. The molecule has 0 aromatic heterocycles. The van der Waals surface area contributed by atoms with Crippen molar-refractivity contribution in [3.05, 3.63) is 0 Å². The fourth-order valence-electron chi connectivity index (χ4n) is 0.724. The highest BCUT2D eigenvalue weighted by atomic mass is 32.2. The Kier molecular flexibility index (Phi) is 5.04. The summed E-state index contributed by atoms with van der Waals surface area (Å²) in [6.45, 7) is 6.28. The van der Waals surface area contributed by atoms with Crippen molar-refractivity contribution in [3.8, 4) is 0 Å². The Morgan fingerprint density at radius 1 is 1.23 bits per heavy atom. The maximum absolute atomic E-state index is 11.1. The molecule has 0 rings (SSSR count). The molecule has 0 fully saturated rings. The fraction of sp³-hybridized carbons (Fsp3) is 0.875. The molecule has 2 nitrogen and oxygen atoms in total. The van der Waals surface area contributed by atoms with Crippen LogP contribution in [-0.2, 0) is 8.98 Å². The van der Waals surface area contributed by atoms with Crippen molar-refractivity contribution in [3.63, 3.8) is 0 Å². The molecule has 0 radical (unpaired) electrons.